The van der Waals surface area contributed by atoms with E-state index in [9.17, 15) is 4.79 Å². The summed E-state index contributed by atoms with van der Waals surface area (Å²) in [6.07, 6.45) is 2.25. The predicted octanol–water partition coefficient (Wildman–Crippen LogP) is 1.50. The van der Waals surface area contributed by atoms with Crippen LogP contribution >= 0.6 is 0 Å². The number of aryl methyl sites for hydroxylation is 1. The number of rotatable bonds is 3. The van der Waals surface area contributed by atoms with Crippen molar-refractivity contribution in [2.75, 3.05) is 13.1 Å². The maximum absolute atomic E-state index is 12.3. The van der Waals surface area contributed by atoms with E-state index in [0.29, 0.717) is 19.5 Å². The Morgan fingerprint density at radius 2 is 2.17 bits per heavy atom. The monoisotopic (exact) mass is 315 g/mol. The van der Waals surface area contributed by atoms with Crippen LogP contribution in [0.15, 0.2) is 36.5 Å². The fraction of sp³-hybridized carbons (Fsp3) is 0.438. The second-order valence-corrected chi connectivity index (χ2v) is 5.85. The number of aromatic nitrogens is 3. The van der Waals surface area contributed by atoms with E-state index >= 15 is 0 Å². The molecule has 2 heterocycles. The molecule has 2 aromatic rings. The second-order valence-electron chi connectivity index (χ2n) is 5.85. The molecule has 1 aliphatic heterocycles. The molecule has 1 fully saturated rings. The van der Waals surface area contributed by atoms with Crippen molar-refractivity contribution in [3.63, 3.8) is 0 Å². The van der Waals surface area contributed by atoms with Gasteiger partial charge in [0.05, 0.1) is 11.7 Å². The van der Waals surface area contributed by atoms with Crippen LogP contribution < -0.4 is 5.73 Å². The van der Waals surface area contributed by atoms with Crippen LogP contribution in [0.25, 0.3) is 0 Å². The van der Waals surface area contributed by atoms with E-state index in [4.69, 9.17) is 10.5 Å². The Bertz CT molecular complexity index is 658. The van der Waals surface area contributed by atoms with Gasteiger partial charge in [-0.3, -0.25) is 0 Å². The minimum absolute atomic E-state index is 0.0470. The molecule has 7 nitrogen and oxygen atoms in total. The van der Waals surface area contributed by atoms with E-state index in [0.717, 1.165) is 11.3 Å². The van der Waals surface area contributed by atoms with Gasteiger partial charge < -0.3 is 15.4 Å². The first-order valence-electron chi connectivity index (χ1n) is 7.73. The molecule has 0 spiro atoms. The number of hydrogen-bond acceptors (Lipinski definition) is 5. The van der Waals surface area contributed by atoms with Gasteiger partial charge in [-0.1, -0.05) is 35.5 Å². The van der Waals surface area contributed by atoms with E-state index < -0.39 is 0 Å². The molecule has 2 N–H and O–H groups in total. The van der Waals surface area contributed by atoms with Gasteiger partial charge in [0, 0.05) is 25.3 Å². The van der Waals surface area contributed by atoms with Crippen molar-refractivity contribution < 1.29 is 9.53 Å². The highest BCUT2D eigenvalue weighted by molar-refractivity contribution is 5.67. The predicted molar refractivity (Wildman–Crippen MR) is 84.6 cm³/mol. The molecule has 0 aliphatic carbocycles. The lowest BCUT2D eigenvalue weighted by Gasteiger charge is -2.35. The number of nitrogens with zero attached hydrogens (tertiary/aromatic N) is 4. The van der Waals surface area contributed by atoms with E-state index in [1.54, 1.807) is 9.58 Å². The summed E-state index contributed by atoms with van der Waals surface area (Å²) >= 11 is 0. The van der Waals surface area contributed by atoms with Gasteiger partial charge in [-0.15, -0.1) is 5.10 Å². The average molecular weight is 315 g/mol. The topological polar surface area (TPSA) is 86.3 Å². The third-order valence-electron chi connectivity index (χ3n) is 4.06. The molecule has 1 amide bonds. The van der Waals surface area contributed by atoms with Crippen molar-refractivity contribution in [1.29, 1.82) is 0 Å². The van der Waals surface area contributed by atoms with Crippen LogP contribution in [0, 0.1) is 6.92 Å². The molecular weight excluding hydrogens is 294 g/mol. The van der Waals surface area contributed by atoms with Crippen LogP contribution in [-0.4, -0.2) is 45.1 Å². The number of ether oxygens (including phenoxy) is 1. The lowest BCUT2D eigenvalue weighted by atomic mass is 10.0. The van der Waals surface area contributed by atoms with Crippen LogP contribution in [-0.2, 0) is 11.3 Å². The van der Waals surface area contributed by atoms with Crippen LogP contribution in [0.4, 0.5) is 4.79 Å². The number of likely N-dealkylation sites (tertiary alicyclic amines) is 1. The smallest absolute Gasteiger partial charge is 0.410 e. The van der Waals surface area contributed by atoms with Crippen LogP contribution in [0.3, 0.4) is 0 Å². The summed E-state index contributed by atoms with van der Waals surface area (Å²) in [6.45, 7) is 3.23. The molecule has 0 bridgehead atoms. The molecule has 122 valence electrons. The van der Waals surface area contributed by atoms with Gasteiger partial charge in [0.1, 0.15) is 6.61 Å². The molecule has 1 aliphatic rings. The fourth-order valence-electron chi connectivity index (χ4n) is 2.73. The van der Waals surface area contributed by atoms with Gasteiger partial charge in [-0.2, -0.15) is 0 Å². The quantitative estimate of drug-likeness (QED) is 0.927. The molecule has 0 saturated carbocycles. The standard InChI is InChI=1S/C16H21N5O2/c1-12-9-21(19-18-12)15-10-20(8-7-14(15)17)16(22)23-11-13-5-3-2-4-6-13/h2-6,9,14-15H,7-8,10-11,17H2,1H3/t14-,15-/m1/s1. The van der Waals surface area contributed by atoms with Crippen LogP contribution in [0.1, 0.15) is 23.7 Å². The van der Waals surface area contributed by atoms with Crippen molar-refractivity contribution >= 4 is 6.09 Å². The summed E-state index contributed by atoms with van der Waals surface area (Å²) in [5.74, 6) is 0. The molecule has 7 heteroatoms. The minimum atomic E-state index is -0.317. The highest BCUT2D eigenvalue weighted by atomic mass is 16.6. The zero-order valence-corrected chi connectivity index (χ0v) is 13.1. The number of benzene rings is 1. The largest absolute Gasteiger partial charge is 0.445 e. The summed E-state index contributed by atoms with van der Waals surface area (Å²) < 4.78 is 7.14. The lowest BCUT2D eigenvalue weighted by molar-refractivity contribution is 0.0743. The molecule has 3 rings (SSSR count). The van der Waals surface area contributed by atoms with Crippen LogP contribution in [0.5, 0.6) is 0 Å². The number of nitrogens with two attached hydrogens (primary N) is 1. The van der Waals surface area contributed by atoms with Crippen molar-refractivity contribution in [1.82, 2.24) is 19.9 Å². The second kappa shape index (κ2) is 6.78. The first-order chi connectivity index (χ1) is 11.1. The molecule has 0 radical (unpaired) electrons. The summed E-state index contributed by atoms with van der Waals surface area (Å²) in [5.41, 5.74) is 7.98. The zero-order valence-electron chi connectivity index (χ0n) is 13.1. The Morgan fingerprint density at radius 1 is 1.39 bits per heavy atom. The Hall–Kier alpha value is -2.41. The summed E-state index contributed by atoms with van der Waals surface area (Å²) in [7, 11) is 0. The summed E-state index contributed by atoms with van der Waals surface area (Å²) in [6, 6.07) is 9.52. The van der Waals surface area contributed by atoms with Crippen molar-refractivity contribution in [3.05, 3.63) is 47.8 Å². The third-order valence-corrected chi connectivity index (χ3v) is 4.06. The highest BCUT2D eigenvalue weighted by Gasteiger charge is 2.32. The SMILES string of the molecule is Cc1cn([C@@H]2CN(C(=O)OCc3ccccc3)CC[C@H]2N)nn1. The number of carbonyl (C=O) groups is 1. The number of amides is 1. The third kappa shape index (κ3) is 3.68. The summed E-state index contributed by atoms with van der Waals surface area (Å²) in [5, 5.41) is 8.08. The first kappa shape index (κ1) is 15.5. The van der Waals surface area contributed by atoms with Gasteiger partial charge >= 0.3 is 6.09 Å². The molecule has 1 aromatic heterocycles. The van der Waals surface area contributed by atoms with Crippen molar-refractivity contribution in [3.8, 4) is 0 Å². The van der Waals surface area contributed by atoms with E-state index in [2.05, 4.69) is 10.3 Å². The highest BCUT2D eigenvalue weighted by Crippen LogP contribution is 2.21. The maximum Gasteiger partial charge on any atom is 0.410 e. The Balaban J connectivity index is 1.60. The Kier molecular flexibility index (Phi) is 4.57. The van der Waals surface area contributed by atoms with Crippen molar-refractivity contribution in [2.24, 2.45) is 5.73 Å². The first-order valence-corrected chi connectivity index (χ1v) is 7.73. The zero-order chi connectivity index (χ0) is 16.2. The lowest BCUT2D eigenvalue weighted by Crippen LogP contribution is -2.50. The molecule has 1 aromatic carbocycles. The van der Waals surface area contributed by atoms with Gasteiger partial charge in [-0.25, -0.2) is 9.48 Å². The van der Waals surface area contributed by atoms with Gasteiger partial charge in [-0.05, 0) is 18.9 Å². The van der Waals surface area contributed by atoms with E-state index in [1.807, 2.05) is 43.5 Å². The molecule has 23 heavy (non-hydrogen) atoms. The molecule has 2 atom stereocenters. The van der Waals surface area contributed by atoms with Crippen molar-refractivity contribution in [2.45, 2.75) is 32.0 Å². The minimum Gasteiger partial charge on any atom is -0.445 e. The van der Waals surface area contributed by atoms with Crippen LogP contribution in [0.2, 0.25) is 0 Å². The van der Waals surface area contributed by atoms with Gasteiger partial charge in [0.25, 0.3) is 0 Å². The summed E-state index contributed by atoms with van der Waals surface area (Å²) in [4.78, 5) is 14.0. The molecule has 0 unspecified atom stereocenters. The molecule has 1 saturated heterocycles. The normalized spacial score (nSPS) is 21.2. The average Bonchev–Trinajstić information content (AvgIpc) is 3.00. The number of hydrogen-bond donors (Lipinski definition) is 1. The Morgan fingerprint density at radius 3 is 2.87 bits per heavy atom. The van der Waals surface area contributed by atoms with E-state index in [-0.39, 0.29) is 24.8 Å². The fourth-order valence-corrected chi connectivity index (χ4v) is 2.73. The molecular formula is C16H21N5O2. The number of piperidine rings is 1. The maximum atomic E-state index is 12.3. The Labute approximate surface area is 135 Å². The number of carbonyl (C=O) groups excluding carboxylic acids is 1. The van der Waals surface area contributed by atoms with Gasteiger partial charge in [0.15, 0.2) is 0 Å². The van der Waals surface area contributed by atoms with E-state index in [1.165, 1.54) is 0 Å². The van der Waals surface area contributed by atoms with Gasteiger partial charge in [0.2, 0.25) is 0 Å².